The molecule has 108 valence electrons. The van der Waals surface area contributed by atoms with Gasteiger partial charge >= 0.3 is 6.18 Å². The number of hydrogen-bond donors (Lipinski definition) is 1. The van der Waals surface area contributed by atoms with E-state index in [0.29, 0.717) is 23.0 Å². The average Bonchev–Trinajstić information content (AvgIpc) is 2.36. The van der Waals surface area contributed by atoms with Crippen molar-refractivity contribution in [2.24, 2.45) is 0 Å². The molecule has 0 fully saturated rings. The van der Waals surface area contributed by atoms with Gasteiger partial charge < -0.3 is 10.6 Å². The maximum Gasteiger partial charge on any atom is 0.405 e. The van der Waals surface area contributed by atoms with Gasteiger partial charge in [0.15, 0.2) is 0 Å². The van der Waals surface area contributed by atoms with Crippen LogP contribution >= 0.6 is 0 Å². The lowest BCUT2D eigenvalue weighted by molar-refractivity contribution is -0.119. The van der Waals surface area contributed by atoms with Crippen molar-refractivity contribution in [1.29, 1.82) is 0 Å². The highest BCUT2D eigenvalue weighted by Gasteiger charge is 2.31. The lowest BCUT2D eigenvalue weighted by atomic mass is 10.1. The Kier molecular flexibility index (Phi) is 4.01. The van der Waals surface area contributed by atoms with Crippen LogP contribution in [-0.2, 0) is 0 Å². The minimum atomic E-state index is -4.27. The van der Waals surface area contributed by atoms with Crippen LogP contribution < -0.4 is 10.6 Å². The molecule has 0 aliphatic heterocycles. The Labute approximate surface area is 115 Å². The van der Waals surface area contributed by atoms with Gasteiger partial charge in [-0.2, -0.15) is 13.2 Å². The summed E-state index contributed by atoms with van der Waals surface area (Å²) in [6.45, 7) is 1.11. The number of nitrogens with zero attached hydrogens (tertiary/aromatic N) is 2. The lowest BCUT2D eigenvalue weighted by Crippen LogP contribution is -2.35. The Morgan fingerprint density at radius 3 is 2.60 bits per heavy atom. The highest BCUT2D eigenvalue weighted by atomic mass is 19.4. The van der Waals surface area contributed by atoms with Crippen LogP contribution in [0.3, 0.4) is 0 Å². The van der Waals surface area contributed by atoms with Crippen molar-refractivity contribution in [2.45, 2.75) is 19.5 Å². The lowest BCUT2D eigenvalue weighted by Gasteiger charge is -2.27. The van der Waals surface area contributed by atoms with E-state index in [0.717, 1.165) is 0 Å². The number of halogens is 3. The summed E-state index contributed by atoms with van der Waals surface area (Å²) in [5.41, 5.74) is 7.18. The summed E-state index contributed by atoms with van der Waals surface area (Å²) in [7, 11) is 0. The normalized spacial score (nSPS) is 11.8. The minimum Gasteiger partial charge on any atom is -0.396 e. The molecule has 0 amide bonds. The fourth-order valence-electron chi connectivity index (χ4n) is 2.25. The van der Waals surface area contributed by atoms with Gasteiger partial charge in [0.05, 0.1) is 23.1 Å². The number of nitrogen functional groups attached to an aromatic ring is 1. The fraction of sp³-hybridized carbons (Fsp3) is 0.357. The third-order valence-electron chi connectivity index (χ3n) is 2.96. The predicted octanol–water partition coefficient (Wildman–Crippen LogP) is 3.60. The SMILES string of the molecule is CCCN(CC(F)(F)F)c1c(N)cnc2ccccc12. The van der Waals surface area contributed by atoms with E-state index in [-0.39, 0.29) is 12.2 Å². The smallest absolute Gasteiger partial charge is 0.396 e. The maximum atomic E-state index is 12.7. The summed E-state index contributed by atoms with van der Waals surface area (Å²) in [6.07, 6.45) is -2.26. The van der Waals surface area contributed by atoms with Crippen molar-refractivity contribution in [3.05, 3.63) is 30.5 Å². The summed E-state index contributed by atoms with van der Waals surface area (Å²) in [6, 6.07) is 7.07. The Bertz CT molecular complexity index is 596. The van der Waals surface area contributed by atoms with Crippen LogP contribution in [0.25, 0.3) is 10.9 Å². The molecule has 1 heterocycles. The maximum absolute atomic E-state index is 12.7. The highest BCUT2D eigenvalue weighted by Crippen LogP contribution is 2.33. The van der Waals surface area contributed by atoms with Crippen molar-refractivity contribution in [3.63, 3.8) is 0 Å². The first-order valence-electron chi connectivity index (χ1n) is 6.37. The van der Waals surface area contributed by atoms with E-state index in [1.807, 2.05) is 6.92 Å². The van der Waals surface area contributed by atoms with Gasteiger partial charge in [-0.15, -0.1) is 0 Å². The monoisotopic (exact) mass is 283 g/mol. The third kappa shape index (κ3) is 3.12. The van der Waals surface area contributed by atoms with E-state index >= 15 is 0 Å². The molecule has 0 saturated carbocycles. The van der Waals surface area contributed by atoms with Crippen LogP contribution in [0.2, 0.25) is 0 Å². The zero-order valence-corrected chi connectivity index (χ0v) is 11.1. The predicted molar refractivity (Wildman–Crippen MR) is 74.7 cm³/mol. The number of para-hydroxylation sites is 1. The van der Waals surface area contributed by atoms with Crippen molar-refractivity contribution in [2.75, 3.05) is 23.7 Å². The standard InChI is InChI=1S/C14H16F3N3/c1-2-7-20(9-14(15,16)17)13-10-5-3-4-6-12(10)19-8-11(13)18/h3-6,8H,2,7,9,18H2,1H3. The Morgan fingerprint density at radius 2 is 1.95 bits per heavy atom. The molecule has 1 aromatic carbocycles. The van der Waals surface area contributed by atoms with Gasteiger partial charge in [0, 0.05) is 11.9 Å². The molecule has 2 aromatic rings. The molecule has 0 spiro atoms. The number of fused-ring (bicyclic) bond motifs is 1. The Hall–Kier alpha value is -1.98. The second-order valence-corrected chi connectivity index (χ2v) is 4.62. The first kappa shape index (κ1) is 14.4. The second-order valence-electron chi connectivity index (χ2n) is 4.62. The van der Waals surface area contributed by atoms with Crippen LogP contribution in [0.5, 0.6) is 0 Å². The highest BCUT2D eigenvalue weighted by molar-refractivity contribution is 5.97. The molecule has 20 heavy (non-hydrogen) atoms. The molecule has 0 radical (unpaired) electrons. The van der Waals surface area contributed by atoms with Crippen LogP contribution in [0.1, 0.15) is 13.3 Å². The second kappa shape index (κ2) is 5.56. The Balaban J connectivity index is 2.54. The summed E-state index contributed by atoms with van der Waals surface area (Å²) >= 11 is 0. The van der Waals surface area contributed by atoms with Crippen molar-refractivity contribution in [3.8, 4) is 0 Å². The molecule has 2 N–H and O–H groups in total. The first-order valence-corrected chi connectivity index (χ1v) is 6.37. The number of benzene rings is 1. The van der Waals surface area contributed by atoms with Gasteiger partial charge in [-0.3, -0.25) is 4.98 Å². The quantitative estimate of drug-likeness (QED) is 0.932. The third-order valence-corrected chi connectivity index (χ3v) is 2.96. The molecule has 0 unspecified atom stereocenters. The van der Waals surface area contributed by atoms with Gasteiger partial charge in [0.2, 0.25) is 0 Å². The molecule has 2 rings (SSSR count). The molecule has 0 atom stereocenters. The molecule has 0 aliphatic carbocycles. The number of hydrogen-bond acceptors (Lipinski definition) is 3. The van der Waals surface area contributed by atoms with Crippen LogP contribution in [-0.4, -0.2) is 24.2 Å². The van der Waals surface area contributed by atoms with E-state index in [1.54, 1.807) is 24.3 Å². The summed E-state index contributed by atoms with van der Waals surface area (Å²) in [5.74, 6) is 0. The number of pyridine rings is 1. The van der Waals surface area contributed by atoms with E-state index in [1.165, 1.54) is 11.1 Å². The average molecular weight is 283 g/mol. The Morgan fingerprint density at radius 1 is 1.25 bits per heavy atom. The topological polar surface area (TPSA) is 42.1 Å². The molecule has 3 nitrogen and oxygen atoms in total. The zero-order valence-electron chi connectivity index (χ0n) is 11.1. The van der Waals surface area contributed by atoms with E-state index in [4.69, 9.17) is 5.73 Å². The first-order chi connectivity index (χ1) is 9.42. The minimum absolute atomic E-state index is 0.265. The van der Waals surface area contributed by atoms with Gasteiger partial charge in [-0.25, -0.2) is 0 Å². The molecular formula is C14H16F3N3. The summed E-state index contributed by atoms with van der Waals surface area (Å²) < 4.78 is 38.2. The van der Waals surface area contributed by atoms with E-state index in [9.17, 15) is 13.2 Å². The number of anilines is 2. The van der Waals surface area contributed by atoms with Crippen LogP contribution in [0.15, 0.2) is 30.5 Å². The zero-order chi connectivity index (χ0) is 14.8. The fourth-order valence-corrected chi connectivity index (χ4v) is 2.25. The molecule has 0 aliphatic rings. The van der Waals surface area contributed by atoms with E-state index < -0.39 is 12.7 Å². The largest absolute Gasteiger partial charge is 0.405 e. The molecule has 6 heteroatoms. The van der Waals surface area contributed by atoms with Crippen LogP contribution in [0.4, 0.5) is 24.5 Å². The number of nitrogens with two attached hydrogens (primary N) is 1. The summed E-state index contributed by atoms with van der Waals surface area (Å²) in [5, 5.41) is 0.644. The molecule has 0 bridgehead atoms. The van der Waals surface area contributed by atoms with E-state index in [2.05, 4.69) is 4.98 Å². The van der Waals surface area contributed by atoms with Crippen molar-refractivity contribution < 1.29 is 13.2 Å². The number of aromatic nitrogens is 1. The van der Waals surface area contributed by atoms with Crippen molar-refractivity contribution in [1.82, 2.24) is 4.98 Å². The molecule has 1 aromatic heterocycles. The van der Waals surface area contributed by atoms with Crippen molar-refractivity contribution >= 4 is 22.3 Å². The number of rotatable bonds is 4. The van der Waals surface area contributed by atoms with Gasteiger partial charge in [0.25, 0.3) is 0 Å². The molecule has 0 saturated heterocycles. The van der Waals surface area contributed by atoms with Gasteiger partial charge in [-0.1, -0.05) is 25.1 Å². The van der Waals surface area contributed by atoms with Gasteiger partial charge in [-0.05, 0) is 12.5 Å². The van der Waals surface area contributed by atoms with Crippen LogP contribution in [0, 0.1) is 0 Å². The summed E-state index contributed by atoms with van der Waals surface area (Å²) in [4.78, 5) is 5.42. The number of alkyl halides is 3. The van der Waals surface area contributed by atoms with Gasteiger partial charge in [0.1, 0.15) is 6.54 Å². The molecular weight excluding hydrogens is 267 g/mol.